The van der Waals surface area contributed by atoms with Crippen LogP contribution in [0, 0.1) is 13.8 Å². The van der Waals surface area contributed by atoms with Crippen LogP contribution in [0.4, 0.5) is 0 Å². The molecule has 1 heterocycles. The molecule has 0 aliphatic carbocycles. The number of thioether (sulfide) groups is 1. The Morgan fingerprint density at radius 3 is 2.28 bits per heavy atom. The van der Waals surface area contributed by atoms with Gasteiger partial charge in [0.05, 0.1) is 10.1 Å². The molecule has 0 N–H and O–H groups in total. The Labute approximate surface area is 182 Å². The Hall–Kier alpha value is -1.54. The third-order valence-electron chi connectivity index (χ3n) is 4.99. The van der Waals surface area contributed by atoms with Gasteiger partial charge >= 0.3 is 0 Å². The van der Waals surface area contributed by atoms with Gasteiger partial charge in [0.1, 0.15) is 0 Å². The van der Waals surface area contributed by atoms with E-state index in [2.05, 4.69) is 0 Å². The summed E-state index contributed by atoms with van der Waals surface area (Å²) in [6, 6.07) is 12.8. The van der Waals surface area contributed by atoms with Crippen molar-refractivity contribution in [2.24, 2.45) is 0 Å². The molecule has 1 atom stereocenters. The number of carbonyl (C=O) groups excluding carboxylic acids is 1. The lowest BCUT2D eigenvalue weighted by Crippen LogP contribution is -2.52. The van der Waals surface area contributed by atoms with Gasteiger partial charge in [0.25, 0.3) is 0 Å². The lowest BCUT2D eigenvalue weighted by molar-refractivity contribution is -0.131. The Kier molecular flexibility index (Phi) is 6.94. The monoisotopic (exact) mass is 452 g/mol. The van der Waals surface area contributed by atoms with Gasteiger partial charge in [-0.05, 0) is 62.2 Å². The van der Waals surface area contributed by atoms with E-state index in [1.807, 2.05) is 45.0 Å². The maximum absolute atomic E-state index is 13.0. The van der Waals surface area contributed by atoms with Gasteiger partial charge in [0.15, 0.2) is 0 Å². The number of rotatable bonds is 5. The third kappa shape index (κ3) is 5.15. The van der Waals surface area contributed by atoms with E-state index in [9.17, 15) is 13.2 Å². The Morgan fingerprint density at radius 2 is 1.66 bits per heavy atom. The third-order valence-corrected chi connectivity index (χ3v) is 8.38. The first-order valence-electron chi connectivity index (χ1n) is 9.47. The highest BCUT2D eigenvalue weighted by molar-refractivity contribution is 8.00. The number of sulfonamides is 1. The van der Waals surface area contributed by atoms with Gasteiger partial charge in [0, 0.05) is 36.1 Å². The molecule has 1 unspecified atom stereocenters. The molecule has 1 aliphatic heterocycles. The second kappa shape index (κ2) is 9.08. The van der Waals surface area contributed by atoms with Crippen molar-refractivity contribution < 1.29 is 13.2 Å². The van der Waals surface area contributed by atoms with Crippen molar-refractivity contribution in [3.63, 3.8) is 0 Å². The zero-order valence-corrected chi connectivity index (χ0v) is 19.1. The fourth-order valence-electron chi connectivity index (χ4n) is 3.30. The summed E-state index contributed by atoms with van der Waals surface area (Å²) >= 11 is 7.39. The topological polar surface area (TPSA) is 57.7 Å². The minimum absolute atomic E-state index is 0.0220. The van der Waals surface area contributed by atoms with Crippen LogP contribution in [-0.4, -0.2) is 55.0 Å². The van der Waals surface area contributed by atoms with Crippen molar-refractivity contribution in [3.8, 4) is 0 Å². The molecular formula is C21H25ClN2O3S2. The van der Waals surface area contributed by atoms with Crippen LogP contribution in [-0.2, 0) is 14.8 Å². The second-order valence-corrected chi connectivity index (χ2v) is 11.0. The Morgan fingerprint density at radius 1 is 1.03 bits per heavy atom. The van der Waals surface area contributed by atoms with E-state index in [1.165, 1.54) is 16.1 Å². The lowest BCUT2D eigenvalue weighted by Gasteiger charge is -2.35. The highest BCUT2D eigenvalue weighted by Gasteiger charge is 2.32. The van der Waals surface area contributed by atoms with Crippen LogP contribution in [0.5, 0.6) is 0 Å². The maximum Gasteiger partial charge on any atom is 0.243 e. The molecule has 3 rings (SSSR count). The summed E-state index contributed by atoms with van der Waals surface area (Å²) in [5, 5.41) is 0.410. The van der Waals surface area contributed by atoms with E-state index in [-0.39, 0.29) is 11.2 Å². The van der Waals surface area contributed by atoms with Gasteiger partial charge in [-0.15, -0.1) is 11.8 Å². The summed E-state index contributed by atoms with van der Waals surface area (Å²) in [6.45, 7) is 6.97. The number of piperazine rings is 1. The molecule has 0 bridgehead atoms. The summed E-state index contributed by atoms with van der Waals surface area (Å²) in [5.41, 5.74) is 1.65. The quantitative estimate of drug-likeness (QED) is 0.644. The van der Waals surface area contributed by atoms with Gasteiger partial charge in [-0.2, -0.15) is 4.31 Å². The Bertz CT molecular complexity index is 985. The fourth-order valence-corrected chi connectivity index (χ4v) is 6.11. The summed E-state index contributed by atoms with van der Waals surface area (Å²) in [7, 11) is -3.56. The molecular weight excluding hydrogens is 428 g/mol. The molecule has 2 aromatic rings. The highest BCUT2D eigenvalue weighted by Crippen LogP contribution is 2.27. The minimum atomic E-state index is -3.56. The van der Waals surface area contributed by atoms with Crippen LogP contribution >= 0.6 is 23.4 Å². The van der Waals surface area contributed by atoms with Gasteiger partial charge in [0.2, 0.25) is 15.9 Å². The first kappa shape index (κ1) is 22.2. The minimum Gasteiger partial charge on any atom is -0.339 e. The van der Waals surface area contributed by atoms with Gasteiger partial charge in [-0.25, -0.2) is 8.42 Å². The molecule has 1 fully saturated rings. The second-order valence-electron chi connectivity index (χ2n) is 7.21. The van der Waals surface area contributed by atoms with Crippen molar-refractivity contribution in [2.45, 2.75) is 35.8 Å². The standard InChI is InChI=1S/C21H25ClN2O3S2/c1-15-4-5-16(2)20(14-15)29(26,27)24-12-10-23(11-13-24)21(25)17(3)28-19-8-6-18(22)7-9-19/h4-9,14,17H,10-13H2,1-3H3. The molecule has 29 heavy (non-hydrogen) atoms. The number of aryl methyl sites for hydroxylation is 2. The van der Waals surface area contributed by atoms with Crippen molar-refractivity contribution in [1.29, 1.82) is 0 Å². The molecule has 0 radical (unpaired) electrons. The Balaban J connectivity index is 1.62. The van der Waals surface area contributed by atoms with Crippen LogP contribution in [0.2, 0.25) is 5.02 Å². The van der Waals surface area contributed by atoms with Crippen molar-refractivity contribution >= 4 is 39.3 Å². The van der Waals surface area contributed by atoms with Gasteiger partial charge in [-0.1, -0.05) is 23.7 Å². The number of hydrogen-bond acceptors (Lipinski definition) is 4. The predicted octanol–water partition coefficient (Wildman–Crippen LogP) is 3.97. The smallest absolute Gasteiger partial charge is 0.243 e. The molecule has 8 heteroatoms. The van der Waals surface area contributed by atoms with Crippen LogP contribution in [0.3, 0.4) is 0 Å². The molecule has 2 aromatic carbocycles. The molecule has 1 aliphatic rings. The van der Waals surface area contributed by atoms with E-state index >= 15 is 0 Å². The first-order valence-corrected chi connectivity index (χ1v) is 12.2. The molecule has 0 spiro atoms. The summed E-state index contributed by atoms with van der Waals surface area (Å²) in [4.78, 5) is 15.9. The predicted molar refractivity (Wildman–Crippen MR) is 118 cm³/mol. The highest BCUT2D eigenvalue weighted by atomic mass is 35.5. The van der Waals surface area contributed by atoms with E-state index in [1.54, 1.807) is 23.1 Å². The lowest BCUT2D eigenvalue weighted by atomic mass is 10.2. The van der Waals surface area contributed by atoms with Crippen molar-refractivity contribution in [3.05, 3.63) is 58.6 Å². The number of nitrogens with zero attached hydrogens (tertiary/aromatic N) is 2. The van der Waals surface area contributed by atoms with Crippen LogP contribution in [0.1, 0.15) is 18.1 Å². The van der Waals surface area contributed by atoms with Gasteiger partial charge < -0.3 is 4.90 Å². The molecule has 5 nitrogen and oxygen atoms in total. The fraction of sp³-hybridized carbons (Fsp3) is 0.381. The van der Waals surface area contributed by atoms with E-state index < -0.39 is 10.0 Å². The number of halogens is 1. The first-order chi connectivity index (χ1) is 13.7. The van der Waals surface area contributed by atoms with Crippen LogP contribution in [0.25, 0.3) is 0 Å². The molecule has 0 aromatic heterocycles. The maximum atomic E-state index is 13.0. The van der Waals surface area contributed by atoms with E-state index in [0.29, 0.717) is 36.1 Å². The zero-order chi connectivity index (χ0) is 21.2. The summed E-state index contributed by atoms with van der Waals surface area (Å²) in [6.07, 6.45) is 0. The van der Waals surface area contributed by atoms with Gasteiger partial charge in [-0.3, -0.25) is 4.79 Å². The molecule has 0 saturated carbocycles. The van der Waals surface area contributed by atoms with Crippen molar-refractivity contribution in [2.75, 3.05) is 26.2 Å². The van der Waals surface area contributed by atoms with Crippen LogP contribution in [0.15, 0.2) is 52.3 Å². The molecule has 156 valence electrons. The largest absolute Gasteiger partial charge is 0.339 e. The van der Waals surface area contributed by atoms with Crippen LogP contribution < -0.4 is 0 Å². The average molecular weight is 453 g/mol. The van der Waals surface area contributed by atoms with E-state index in [0.717, 1.165) is 16.0 Å². The summed E-state index contributed by atoms with van der Waals surface area (Å²) in [5.74, 6) is 0.0220. The number of hydrogen-bond donors (Lipinski definition) is 0. The summed E-state index contributed by atoms with van der Waals surface area (Å²) < 4.78 is 27.6. The number of carbonyl (C=O) groups is 1. The van der Waals surface area contributed by atoms with Crippen molar-refractivity contribution in [1.82, 2.24) is 9.21 Å². The zero-order valence-electron chi connectivity index (χ0n) is 16.8. The SMILES string of the molecule is Cc1ccc(C)c(S(=O)(=O)N2CCN(C(=O)C(C)Sc3ccc(Cl)cc3)CC2)c1. The van der Waals surface area contributed by atoms with E-state index in [4.69, 9.17) is 11.6 Å². The normalized spacial score (nSPS) is 16.6. The average Bonchev–Trinajstić information content (AvgIpc) is 2.71. The molecule has 1 amide bonds. The molecule has 1 saturated heterocycles. The number of amides is 1. The number of benzene rings is 2.